The molecule has 2 amide bonds. The Bertz CT molecular complexity index is 977. The molecule has 3 aromatic rings. The normalized spacial score (nSPS) is 10.7. The van der Waals surface area contributed by atoms with Gasteiger partial charge in [0, 0.05) is 16.1 Å². The number of carbonyl (C=O) groups is 2. The van der Waals surface area contributed by atoms with Crippen LogP contribution in [-0.2, 0) is 12.8 Å². The van der Waals surface area contributed by atoms with Crippen LogP contribution in [0.2, 0.25) is 0 Å². The van der Waals surface area contributed by atoms with Crippen LogP contribution >= 0.6 is 11.3 Å². The summed E-state index contributed by atoms with van der Waals surface area (Å²) in [5.74, 6) is -0.400. The second-order valence-electron chi connectivity index (χ2n) is 6.41. The van der Waals surface area contributed by atoms with Gasteiger partial charge >= 0.3 is 0 Å². The van der Waals surface area contributed by atoms with E-state index in [4.69, 9.17) is 4.42 Å². The standard InChI is InChI=1S/C21H23N3O3S/c1-4-7-15-18(5-2)28-21(23-15)24-19(25)14-10-9-13(3)16(12-14)22-20(26)17-8-6-11-27-17/h6,8-12H,4-5,7H2,1-3H3,(H,22,26)(H,23,24,25). The summed E-state index contributed by atoms with van der Waals surface area (Å²) >= 11 is 1.51. The molecule has 0 aliphatic carbocycles. The van der Waals surface area contributed by atoms with Crippen LogP contribution < -0.4 is 10.6 Å². The Balaban J connectivity index is 1.76. The number of hydrogen-bond donors (Lipinski definition) is 2. The van der Waals surface area contributed by atoms with Gasteiger partial charge in [-0.2, -0.15) is 0 Å². The van der Waals surface area contributed by atoms with Crippen LogP contribution in [0.4, 0.5) is 10.8 Å². The van der Waals surface area contributed by atoms with E-state index in [0.29, 0.717) is 16.4 Å². The number of amides is 2. The second kappa shape index (κ2) is 8.84. The first-order valence-corrected chi connectivity index (χ1v) is 10.1. The summed E-state index contributed by atoms with van der Waals surface area (Å²) in [6.45, 7) is 6.07. The molecule has 28 heavy (non-hydrogen) atoms. The summed E-state index contributed by atoms with van der Waals surface area (Å²) in [5, 5.41) is 6.27. The Hall–Kier alpha value is -2.93. The first-order valence-electron chi connectivity index (χ1n) is 9.27. The summed E-state index contributed by atoms with van der Waals surface area (Å²) in [7, 11) is 0. The highest BCUT2D eigenvalue weighted by molar-refractivity contribution is 7.15. The number of aryl methyl sites for hydroxylation is 3. The van der Waals surface area contributed by atoms with E-state index in [-0.39, 0.29) is 17.6 Å². The number of aromatic nitrogens is 1. The molecule has 3 rings (SSSR count). The van der Waals surface area contributed by atoms with Crippen molar-refractivity contribution in [1.82, 2.24) is 4.98 Å². The molecule has 2 aromatic heterocycles. The fourth-order valence-corrected chi connectivity index (χ4v) is 3.75. The van der Waals surface area contributed by atoms with Gasteiger partial charge in [-0.05, 0) is 49.6 Å². The molecule has 146 valence electrons. The lowest BCUT2D eigenvalue weighted by molar-refractivity contribution is 0.0993. The van der Waals surface area contributed by atoms with Crippen LogP contribution in [0.5, 0.6) is 0 Å². The first kappa shape index (κ1) is 19.8. The third kappa shape index (κ3) is 4.48. The third-order valence-electron chi connectivity index (χ3n) is 4.30. The van der Waals surface area contributed by atoms with Crippen LogP contribution in [-0.4, -0.2) is 16.8 Å². The average molecular weight is 398 g/mol. The minimum atomic E-state index is -0.359. The lowest BCUT2D eigenvalue weighted by atomic mass is 10.1. The van der Waals surface area contributed by atoms with Crippen LogP contribution in [0.25, 0.3) is 0 Å². The summed E-state index contributed by atoms with van der Waals surface area (Å²) in [4.78, 5) is 30.7. The predicted octanol–water partition coefficient (Wildman–Crippen LogP) is 5.06. The minimum absolute atomic E-state index is 0.215. The summed E-state index contributed by atoms with van der Waals surface area (Å²) in [5.41, 5.74) is 2.92. The zero-order valence-electron chi connectivity index (χ0n) is 16.2. The smallest absolute Gasteiger partial charge is 0.291 e. The molecule has 0 aliphatic rings. The van der Waals surface area contributed by atoms with Crippen molar-refractivity contribution in [2.24, 2.45) is 0 Å². The van der Waals surface area contributed by atoms with E-state index < -0.39 is 0 Å². The highest BCUT2D eigenvalue weighted by Gasteiger charge is 2.15. The molecule has 2 N–H and O–H groups in total. The number of benzene rings is 1. The number of hydrogen-bond acceptors (Lipinski definition) is 5. The van der Waals surface area contributed by atoms with Gasteiger partial charge in [0.05, 0.1) is 12.0 Å². The van der Waals surface area contributed by atoms with E-state index in [2.05, 4.69) is 29.5 Å². The van der Waals surface area contributed by atoms with Crippen molar-refractivity contribution in [2.75, 3.05) is 10.6 Å². The summed E-state index contributed by atoms with van der Waals surface area (Å²) in [6, 6.07) is 8.43. The maximum Gasteiger partial charge on any atom is 0.291 e. The molecule has 6 nitrogen and oxygen atoms in total. The zero-order valence-corrected chi connectivity index (χ0v) is 17.0. The van der Waals surface area contributed by atoms with Crippen molar-refractivity contribution >= 4 is 34.0 Å². The number of nitrogens with zero attached hydrogens (tertiary/aromatic N) is 1. The number of rotatable bonds is 7. The molecule has 0 aliphatic heterocycles. The highest BCUT2D eigenvalue weighted by Crippen LogP contribution is 2.26. The Morgan fingerprint density at radius 3 is 2.64 bits per heavy atom. The first-order chi connectivity index (χ1) is 13.5. The van der Waals surface area contributed by atoms with E-state index in [1.807, 2.05) is 6.92 Å². The Morgan fingerprint density at radius 2 is 1.96 bits per heavy atom. The summed E-state index contributed by atoms with van der Waals surface area (Å²) in [6.07, 6.45) is 4.26. The number of carbonyl (C=O) groups excluding carboxylic acids is 2. The van der Waals surface area contributed by atoms with E-state index >= 15 is 0 Å². The Morgan fingerprint density at radius 1 is 1.14 bits per heavy atom. The molecule has 0 atom stereocenters. The minimum Gasteiger partial charge on any atom is -0.459 e. The van der Waals surface area contributed by atoms with Gasteiger partial charge in [-0.25, -0.2) is 4.98 Å². The van der Waals surface area contributed by atoms with Gasteiger partial charge in [0.1, 0.15) is 0 Å². The van der Waals surface area contributed by atoms with Crippen LogP contribution in [0.3, 0.4) is 0 Å². The third-order valence-corrected chi connectivity index (χ3v) is 5.46. The van der Waals surface area contributed by atoms with Crippen molar-refractivity contribution in [1.29, 1.82) is 0 Å². The second-order valence-corrected chi connectivity index (χ2v) is 7.49. The molecular weight excluding hydrogens is 374 g/mol. The van der Waals surface area contributed by atoms with Crippen molar-refractivity contribution < 1.29 is 14.0 Å². The van der Waals surface area contributed by atoms with Crippen molar-refractivity contribution in [3.8, 4) is 0 Å². The molecule has 1 aromatic carbocycles. The Labute approximate surface area is 168 Å². The predicted molar refractivity (Wildman–Crippen MR) is 111 cm³/mol. The molecule has 0 unspecified atom stereocenters. The quantitative estimate of drug-likeness (QED) is 0.583. The van der Waals surface area contributed by atoms with Gasteiger partial charge in [-0.15, -0.1) is 11.3 Å². The number of nitrogens with one attached hydrogen (secondary N) is 2. The number of thiazole rings is 1. The SMILES string of the molecule is CCCc1nc(NC(=O)c2ccc(C)c(NC(=O)c3ccco3)c2)sc1CC. The van der Waals surface area contributed by atoms with E-state index in [1.54, 1.807) is 30.3 Å². The largest absolute Gasteiger partial charge is 0.459 e. The lowest BCUT2D eigenvalue weighted by Gasteiger charge is -2.09. The van der Waals surface area contributed by atoms with Gasteiger partial charge in [-0.3, -0.25) is 14.9 Å². The van der Waals surface area contributed by atoms with Crippen LogP contribution in [0, 0.1) is 6.92 Å². The summed E-state index contributed by atoms with van der Waals surface area (Å²) < 4.78 is 5.11. The molecule has 0 saturated carbocycles. The molecule has 0 spiro atoms. The fourth-order valence-electron chi connectivity index (χ4n) is 2.80. The topological polar surface area (TPSA) is 84.2 Å². The monoisotopic (exact) mass is 397 g/mol. The van der Waals surface area contributed by atoms with E-state index in [9.17, 15) is 9.59 Å². The maximum atomic E-state index is 12.7. The number of furan rings is 1. The van der Waals surface area contributed by atoms with Gasteiger partial charge < -0.3 is 9.73 Å². The molecule has 2 heterocycles. The van der Waals surface area contributed by atoms with Crippen LogP contribution in [0.15, 0.2) is 41.0 Å². The van der Waals surface area contributed by atoms with E-state index in [0.717, 1.165) is 30.5 Å². The molecule has 0 saturated heterocycles. The van der Waals surface area contributed by atoms with Crippen LogP contribution in [0.1, 0.15) is 57.3 Å². The Kier molecular flexibility index (Phi) is 6.26. The van der Waals surface area contributed by atoms with Crippen molar-refractivity contribution in [2.45, 2.75) is 40.0 Å². The van der Waals surface area contributed by atoms with Crippen molar-refractivity contribution in [3.63, 3.8) is 0 Å². The van der Waals surface area contributed by atoms with E-state index in [1.165, 1.54) is 22.5 Å². The van der Waals surface area contributed by atoms with Gasteiger partial charge in [0.2, 0.25) is 0 Å². The number of anilines is 2. The molecule has 7 heteroatoms. The molecule has 0 fully saturated rings. The zero-order chi connectivity index (χ0) is 20.1. The average Bonchev–Trinajstić information content (AvgIpc) is 3.34. The van der Waals surface area contributed by atoms with Gasteiger partial charge in [0.25, 0.3) is 11.8 Å². The lowest BCUT2D eigenvalue weighted by Crippen LogP contribution is -2.15. The fraction of sp³-hybridized carbons (Fsp3) is 0.286. The van der Waals surface area contributed by atoms with Gasteiger partial charge in [-0.1, -0.05) is 26.3 Å². The molecule has 0 bridgehead atoms. The van der Waals surface area contributed by atoms with Gasteiger partial charge in [0.15, 0.2) is 10.9 Å². The van der Waals surface area contributed by atoms with Crippen molar-refractivity contribution in [3.05, 3.63) is 64.1 Å². The molecule has 0 radical (unpaired) electrons. The highest BCUT2D eigenvalue weighted by atomic mass is 32.1. The maximum absolute atomic E-state index is 12.7. The molecular formula is C21H23N3O3S.